The van der Waals surface area contributed by atoms with Crippen LogP contribution in [-0.2, 0) is 11.3 Å². The lowest BCUT2D eigenvalue weighted by molar-refractivity contribution is -0.108. The first-order chi connectivity index (χ1) is 5.25. The third-order valence-electron chi connectivity index (χ3n) is 1.02. The van der Waals surface area contributed by atoms with Gasteiger partial charge in [-0.2, -0.15) is 0 Å². The lowest BCUT2D eigenvalue weighted by atomic mass is 10.7. The van der Waals surface area contributed by atoms with Crippen molar-refractivity contribution in [2.24, 2.45) is 0 Å². The van der Waals surface area contributed by atoms with Gasteiger partial charge in [0.1, 0.15) is 12.8 Å². The molecule has 0 aliphatic rings. The summed E-state index contributed by atoms with van der Waals surface area (Å²) in [4.78, 5) is 33.1. The van der Waals surface area contributed by atoms with E-state index in [0.29, 0.717) is 6.29 Å². The van der Waals surface area contributed by atoms with Crippen molar-refractivity contribution < 1.29 is 4.79 Å². The summed E-state index contributed by atoms with van der Waals surface area (Å²) in [7, 11) is 0. The first-order valence-electron chi connectivity index (χ1n) is 2.77. The van der Waals surface area contributed by atoms with Crippen LogP contribution in [0.4, 0.5) is 0 Å². The fourth-order valence-electron chi connectivity index (χ4n) is 0.547. The molecule has 0 saturated carbocycles. The minimum Gasteiger partial charge on any atom is -0.301 e. The van der Waals surface area contributed by atoms with E-state index in [1.165, 1.54) is 0 Å². The molecule has 0 aromatic carbocycles. The summed E-state index contributed by atoms with van der Waals surface area (Å²) in [5.41, 5.74) is -1.68. The molecule has 0 aliphatic carbocycles. The molecule has 0 amide bonds. The van der Waals surface area contributed by atoms with Crippen molar-refractivity contribution in [2.75, 3.05) is 0 Å². The number of nitrogens with zero attached hydrogens (tertiary/aromatic N) is 2. The zero-order valence-corrected chi connectivity index (χ0v) is 5.40. The second-order valence-corrected chi connectivity index (χ2v) is 1.72. The Morgan fingerprint density at radius 2 is 2.36 bits per heavy atom. The first-order valence-corrected chi connectivity index (χ1v) is 2.77. The molecular formula is C5H4N3O3. The van der Waals surface area contributed by atoms with Crippen LogP contribution < -0.4 is 11.1 Å². The Bertz CT molecular complexity index is 364. The van der Waals surface area contributed by atoms with Crippen molar-refractivity contribution in [3.8, 4) is 0 Å². The molecule has 11 heavy (non-hydrogen) atoms. The second-order valence-electron chi connectivity index (χ2n) is 1.72. The maximum atomic E-state index is 10.7. The number of carbonyl (C=O) groups is 1. The van der Waals surface area contributed by atoms with Crippen molar-refractivity contribution in [1.82, 2.24) is 14.8 Å². The number of aldehydes is 1. The van der Waals surface area contributed by atoms with E-state index in [-0.39, 0.29) is 6.54 Å². The number of aromatic amines is 1. The van der Waals surface area contributed by atoms with Gasteiger partial charge < -0.3 is 4.79 Å². The molecule has 0 atom stereocenters. The summed E-state index contributed by atoms with van der Waals surface area (Å²) < 4.78 is 0.728. The van der Waals surface area contributed by atoms with Gasteiger partial charge in [-0.1, -0.05) is 0 Å². The summed E-state index contributed by atoms with van der Waals surface area (Å²) in [6, 6.07) is 0. The average molecular weight is 154 g/mol. The molecule has 0 fully saturated rings. The number of hydrogen-bond donors (Lipinski definition) is 1. The molecule has 1 radical (unpaired) electrons. The Morgan fingerprint density at radius 3 is 3.00 bits per heavy atom. The van der Waals surface area contributed by atoms with Crippen LogP contribution in [-0.4, -0.2) is 21.1 Å². The van der Waals surface area contributed by atoms with Gasteiger partial charge in [-0.25, -0.2) is 4.68 Å². The van der Waals surface area contributed by atoms with Gasteiger partial charge in [-0.3, -0.25) is 14.6 Å². The maximum absolute atomic E-state index is 10.7. The van der Waals surface area contributed by atoms with Gasteiger partial charge in [-0.15, -0.1) is 5.10 Å². The Balaban J connectivity index is 3.28. The van der Waals surface area contributed by atoms with Crippen LogP contribution in [0.1, 0.15) is 0 Å². The van der Waals surface area contributed by atoms with E-state index in [1.807, 2.05) is 4.98 Å². The predicted molar refractivity (Wildman–Crippen MR) is 34.0 cm³/mol. The minimum absolute atomic E-state index is 0.223. The van der Waals surface area contributed by atoms with E-state index in [2.05, 4.69) is 11.4 Å². The second kappa shape index (κ2) is 2.91. The molecule has 0 spiro atoms. The van der Waals surface area contributed by atoms with Crippen LogP contribution in [0, 0.1) is 6.33 Å². The fraction of sp³-hybridized carbons (Fsp3) is 0.200. The average Bonchev–Trinajstić information content (AvgIpc) is 1.99. The largest absolute Gasteiger partial charge is 0.332 e. The van der Waals surface area contributed by atoms with Crippen molar-refractivity contribution in [2.45, 2.75) is 6.54 Å². The highest BCUT2D eigenvalue weighted by molar-refractivity contribution is 5.48. The molecule has 1 N–H and O–H groups in total. The van der Waals surface area contributed by atoms with Crippen molar-refractivity contribution in [3.63, 3.8) is 0 Å². The molecule has 6 nitrogen and oxygen atoms in total. The zero-order valence-electron chi connectivity index (χ0n) is 5.40. The molecule has 1 aromatic rings. The SMILES string of the molecule is O=CCn1n[c][nH]c(=O)c1=O. The molecule has 1 heterocycles. The number of H-pyrrole nitrogens is 1. The third-order valence-corrected chi connectivity index (χ3v) is 1.02. The molecule has 0 unspecified atom stereocenters. The molecule has 1 aromatic heterocycles. The summed E-state index contributed by atoms with van der Waals surface area (Å²) >= 11 is 0. The Morgan fingerprint density at radius 1 is 1.64 bits per heavy atom. The fourth-order valence-corrected chi connectivity index (χ4v) is 0.547. The lowest BCUT2D eigenvalue weighted by Gasteiger charge is -1.92. The van der Waals surface area contributed by atoms with Gasteiger partial charge in [0.2, 0.25) is 0 Å². The van der Waals surface area contributed by atoms with E-state index < -0.39 is 11.1 Å². The molecular weight excluding hydrogens is 150 g/mol. The van der Waals surface area contributed by atoms with Crippen molar-refractivity contribution >= 4 is 6.29 Å². The number of rotatable bonds is 2. The molecule has 1 rings (SSSR count). The summed E-state index contributed by atoms with van der Waals surface area (Å²) in [6.07, 6.45) is 2.55. The van der Waals surface area contributed by atoms with Crippen LogP contribution in [0.2, 0.25) is 0 Å². The summed E-state index contributed by atoms with van der Waals surface area (Å²) in [5.74, 6) is 0. The van der Waals surface area contributed by atoms with Crippen molar-refractivity contribution in [1.29, 1.82) is 0 Å². The Kier molecular flexibility index (Phi) is 1.95. The molecule has 6 heteroatoms. The maximum Gasteiger partial charge on any atom is 0.332 e. The predicted octanol–water partition coefficient (Wildman–Crippen LogP) is -2.07. The van der Waals surface area contributed by atoms with E-state index in [0.717, 1.165) is 4.68 Å². The van der Waals surface area contributed by atoms with Gasteiger partial charge in [-0.05, 0) is 0 Å². The van der Waals surface area contributed by atoms with Crippen LogP contribution in [0.3, 0.4) is 0 Å². The molecule has 0 aliphatic heterocycles. The van der Waals surface area contributed by atoms with Gasteiger partial charge in [0.25, 0.3) is 0 Å². The monoisotopic (exact) mass is 154 g/mol. The quantitative estimate of drug-likeness (QED) is 0.391. The highest BCUT2D eigenvalue weighted by Gasteiger charge is 1.98. The van der Waals surface area contributed by atoms with E-state index >= 15 is 0 Å². The smallest absolute Gasteiger partial charge is 0.301 e. The molecule has 0 saturated heterocycles. The summed E-state index contributed by atoms with van der Waals surface area (Å²) in [5, 5.41) is 3.32. The number of nitrogens with one attached hydrogen (secondary N) is 1. The van der Waals surface area contributed by atoms with Gasteiger partial charge in [0.15, 0.2) is 6.33 Å². The van der Waals surface area contributed by atoms with Crippen LogP contribution >= 0.6 is 0 Å². The molecule has 57 valence electrons. The van der Waals surface area contributed by atoms with Crippen LogP contribution in [0.5, 0.6) is 0 Å². The van der Waals surface area contributed by atoms with E-state index in [4.69, 9.17) is 0 Å². The molecule has 0 bridgehead atoms. The minimum atomic E-state index is -0.851. The third kappa shape index (κ3) is 1.40. The number of aromatic nitrogens is 3. The van der Waals surface area contributed by atoms with Crippen LogP contribution in [0.15, 0.2) is 9.59 Å². The number of hydrogen-bond acceptors (Lipinski definition) is 4. The zero-order chi connectivity index (χ0) is 8.27. The van der Waals surface area contributed by atoms with Gasteiger partial charge >= 0.3 is 11.1 Å². The first kappa shape index (κ1) is 7.39. The Labute approximate surface area is 60.5 Å². The van der Waals surface area contributed by atoms with E-state index in [9.17, 15) is 14.4 Å². The highest BCUT2D eigenvalue weighted by Crippen LogP contribution is 1.62. The van der Waals surface area contributed by atoms with Crippen LogP contribution in [0.25, 0.3) is 0 Å². The number of carbonyl (C=O) groups excluding carboxylic acids is 1. The van der Waals surface area contributed by atoms with Crippen molar-refractivity contribution in [3.05, 3.63) is 27.0 Å². The topological polar surface area (TPSA) is 84.8 Å². The normalized spacial score (nSPS) is 9.45. The lowest BCUT2D eigenvalue weighted by Crippen LogP contribution is -2.37. The van der Waals surface area contributed by atoms with E-state index in [1.54, 1.807) is 0 Å². The Hall–Kier alpha value is -1.72. The van der Waals surface area contributed by atoms with Gasteiger partial charge in [0.05, 0.1) is 0 Å². The van der Waals surface area contributed by atoms with Gasteiger partial charge in [0, 0.05) is 0 Å². The highest BCUT2D eigenvalue weighted by atomic mass is 16.2. The summed E-state index contributed by atoms with van der Waals surface area (Å²) in [6.45, 7) is -0.223. The standard InChI is InChI=1S/C5H4N3O3/c9-2-1-8-5(11)4(10)6-3-7-8/h2H,1H2,(H,6,7,10).